The number of fused-ring (bicyclic) bond motifs is 8. The van der Waals surface area contributed by atoms with Crippen molar-refractivity contribution in [3.8, 4) is 0 Å². The molecule has 0 amide bonds. The smallest absolute Gasteiger partial charge is 0.0707 e. The maximum Gasteiger partial charge on any atom is 0.0707 e. The first-order valence-corrected chi connectivity index (χ1v) is 22.0. The second kappa shape index (κ2) is 15.9. The van der Waals surface area contributed by atoms with E-state index < -0.39 is 0 Å². The lowest BCUT2D eigenvalue weighted by atomic mass is 9.84. The summed E-state index contributed by atoms with van der Waals surface area (Å²) < 4.78 is 0. The molecule has 1 aliphatic carbocycles. The van der Waals surface area contributed by atoms with E-state index in [1.807, 2.05) is 0 Å². The number of nitrogens with zero attached hydrogens (tertiary/aromatic N) is 5. The second-order valence-electron chi connectivity index (χ2n) is 16.9. The number of aromatic amines is 2. The minimum absolute atomic E-state index is 0.311. The third kappa shape index (κ3) is 6.73. The molecular weight excluding hydrogens is 663 g/mol. The Bertz CT molecular complexity index is 1920. The number of rotatable bonds is 7. The molecule has 6 aliphatic rings. The van der Waals surface area contributed by atoms with Crippen LogP contribution in [0, 0.1) is 0 Å². The zero-order valence-corrected chi connectivity index (χ0v) is 33.3. The van der Waals surface area contributed by atoms with Crippen molar-refractivity contribution in [2.45, 2.75) is 135 Å². The molecule has 4 fully saturated rings. The fraction of sp³-hybridized carbons (Fsp3) is 0.574. The average Bonchev–Trinajstić information content (AvgIpc) is 4.07. The molecule has 54 heavy (non-hydrogen) atoms. The van der Waals surface area contributed by atoms with Gasteiger partial charge in [0.05, 0.1) is 22.8 Å². The summed E-state index contributed by atoms with van der Waals surface area (Å²) in [5.74, 6) is 0.535. The summed E-state index contributed by atoms with van der Waals surface area (Å²) in [6.45, 7) is 13.6. The Hall–Kier alpha value is -3.52. The number of hydrogen-bond acceptors (Lipinski definition) is 5. The molecule has 8 heterocycles. The number of nitrogens with one attached hydrogen (secondary N) is 2. The topological polar surface area (TPSA) is 67.1 Å². The molecule has 7 heteroatoms. The van der Waals surface area contributed by atoms with Gasteiger partial charge >= 0.3 is 0 Å². The van der Waals surface area contributed by atoms with E-state index in [1.54, 1.807) is 0 Å². The predicted molar refractivity (Wildman–Crippen MR) is 226 cm³/mol. The molecule has 1 saturated carbocycles. The first-order chi connectivity index (χ1) is 26.6. The molecule has 3 unspecified atom stereocenters. The standard InChI is InChI=1S/C47H63N7/c1-4-52-29-13-10-18-41(52)45-35-23-21-33(48-35)44(32-16-8-7-9-17-32)34-22-24-36(49-34)46(42-19-11-14-30-53(42)5-2)38-26-28-40(51-38)47(39-27-25-37(45)50-39)43-20-12-15-31-54(43)6-3/h21-28,32,41-43,48-49H,4-20,29-31H2,1-3H3. The maximum atomic E-state index is 5.70. The Morgan fingerprint density at radius 3 is 1.20 bits per heavy atom. The highest BCUT2D eigenvalue weighted by molar-refractivity contribution is 5.84. The fourth-order valence-corrected chi connectivity index (χ4v) is 11.3. The van der Waals surface area contributed by atoms with Gasteiger partial charge < -0.3 is 9.97 Å². The van der Waals surface area contributed by atoms with E-state index in [4.69, 9.17) is 9.97 Å². The summed E-state index contributed by atoms with van der Waals surface area (Å²) in [4.78, 5) is 27.7. The largest absolute Gasteiger partial charge is 0.355 e. The molecule has 7 nitrogen and oxygen atoms in total. The lowest BCUT2D eigenvalue weighted by molar-refractivity contribution is 0.156. The van der Waals surface area contributed by atoms with Gasteiger partial charge in [0.15, 0.2) is 0 Å². The van der Waals surface area contributed by atoms with Crippen molar-refractivity contribution < 1.29 is 0 Å². The van der Waals surface area contributed by atoms with Gasteiger partial charge in [-0.15, -0.1) is 0 Å². The summed E-state index contributed by atoms with van der Waals surface area (Å²) >= 11 is 0. The van der Waals surface area contributed by atoms with E-state index in [-0.39, 0.29) is 0 Å². The van der Waals surface area contributed by atoms with Crippen LogP contribution in [0.15, 0.2) is 24.3 Å². The van der Waals surface area contributed by atoms with Crippen LogP contribution in [0.5, 0.6) is 0 Å². The van der Waals surface area contributed by atoms with Gasteiger partial charge in [0.2, 0.25) is 0 Å². The molecule has 8 bridgehead atoms. The lowest BCUT2D eigenvalue weighted by Gasteiger charge is -2.36. The SMILES string of the molecule is CCN1CCCCC1c1c2nc(c(C3CCCCN3CC)c3ccc([nH]3)c(C3CCCCC3)c3ccc([nH]3)c(C3CCCCN3CC)c3nc1C=C3)C=C2. The highest BCUT2D eigenvalue weighted by Gasteiger charge is 2.32. The van der Waals surface area contributed by atoms with E-state index in [2.05, 4.69) is 94.0 Å². The van der Waals surface area contributed by atoms with E-state index in [0.29, 0.717) is 24.0 Å². The molecular formula is C47H63N7. The van der Waals surface area contributed by atoms with Crippen LogP contribution in [-0.4, -0.2) is 73.9 Å². The average molecular weight is 726 g/mol. The van der Waals surface area contributed by atoms with Crippen LogP contribution in [0.1, 0.15) is 180 Å². The van der Waals surface area contributed by atoms with Gasteiger partial charge in [-0.05, 0) is 145 Å². The van der Waals surface area contributed by atoms with Gasteiger partial charge in [-0.2, -0.15) is 0 Å². The van der Waals surface area contributed by atoms with E-state index in [1.165, 1.54) is 128 Å². The fourth-order valence-electron chi connectivity index (χ4n) is 11.3. The third-order valence-corrected chi connectivity index (χ3v) is 14.0. The Morgan fingerprint density at radius 2 is 0.796 bits per heavy atom. The normalized spacial score (nSPS) is 24.8. The molecule has 3 aromatic heterocycles. The van der Waals surface area contributed by atoms with Crippen molar-refractivity contribution in [1.82, 2.24) is 34.6 Å². The Morgan fingerprint density at radius 1 is 0.444 bits per heavy atom. The Balaban J connectivity index is 1.39. The van der Waals surface area contributed by atoms with Gasteiger partial charge in [0.1, 0.15) is 0 Å². The molecule has 0 spiro atoms. The van der Waals surface area contributed by atoms with Crippen LogP contribution in [0.3, 0.4) is 0 Å². The Kier molecular flexibility index (Phi) is 10.7. The first-order valence-electron chi connectivity index (χ1n) is 22.0. The number of likely N-dealkylation sites (tertiary alicyclic amines) is 3. The summed E-state index contributed by atoms with van der Waals surface area (Å²) in [5.41, 5.74) is 15.0. The van der Waals surface area contributed by atoms with Crippen molar-refractivity contribution in [3.63, 3.8) is 0 Å². The molecule has 0 radical (unpaired) electrons. The van der Waals surface area contributed by atoms with Crippen molar-refractivity contribution >= 4 is 46.4 Å². The van der Waals surface area contributed by atoms with Crippen LogP contribution in [0.4, 0.5) is 0 Å². The number of piperidine rings is 3. The number of aromatic nitrogens is 4. The molecule has 286 valence electrons. The van der Waals surface area contributed by atoms with Gasteiger partial charge in [0, 0.05) is 62.4 Å². The molecule has 3 atom stereocenters. The minimum Gasteiger partial charge on any atom is -0.355 e. The van der Waals surface area contributed by atoms with Crippen molar-refractivity contribution in [1.29, 1.82) is 0 Å². The van der Waals surface area contributed by atoms with E-state index >= 15 is 0 Å². The zero-order chi connectivity index (χ0) is 36.6. The molecule has 2 N–H and O–H groups in total. The highest BCUT2D eigenvalue weighted by Crippen LogP contribution is 2.43. The monoisotopic (exact) mass is 726 g/mol. The van der Waals surface area contributed by atoms with Crippen LogP contribution < -0.4 is 0 Å². The molecule has 0 aromatic carbocycles. The molecule has 5 aliphatic heterocycles. The van der Waals surface area contributed by atoms with Crippen molar-refractivity contribution in [2.75, 3.05) is 39.3 Å². The molecule has 9 rings (SSSR count). The minimum atomic E-state index is 0.311. The van der Waals surface area contributed by atoms with E-state index in [0.717, 1.165) is 68.5 Å². The summed E-state index contributed by atoms with van der Waals surface area (Å²) in [6, 6.07) is 10.6. The van der Waals surface area contributed by atoms with Gasteiger partial charge in [-0.1, -0.05) is 59.3 Å². The number of hydrogen-bond donors (Lipinski definition) is 2. The molecule has 3 saturated heterocycles. The van der Waals surface area contributed by atoms with Crippen LogP contribution in [0.2, 0.25) is 0 Å². The first kappa shape index (κ1) is 36.1. The van der Waals surface area contributed by atoms with Crippen molar-refractivity contribution in [2.24, 2.45) is 0 Å². The van der Waals surface area contributed by atoms with Crippen LogP contribution >= 0.6 is 0 Å². The predicted octanol–water partition coefficient (Wildman–Crippen LogP) is 11.3. The van der Waals surface area contributed by atoms with E-state index in [9.17, 15) is 0 Å². The quantitative estimate of drug-likeness (QED) is 0.175. The van der Waals surface area contributed by atoms with Crippen LogP contribution in [-0.2, 0) is 0 Å². The molecule has 3 aromatic rings. The van der Waals surface area contributed by atoms with Crippen molar-refractivity contribution in [3.05, 3.63) is 69.3 Å². The highest BCUT2D eigenvalue weighted by atomic mass is 15.2. The lowest BCUT2D eigenvalue weighted by Crippen LogP contribution is -2.34. The second-order valence-corrected chi connectivity index (χ2v) is 16.9. The van der Waals surface area contributed by atoms with Gasteiger partial charge in [0.25, 0.3) is 0 Å². The van der Waals surface area contributed by atoms with Gasteiger partial charge in [-0.3, -0.25) is 14.7 Å². The summed E-state index contributed by atoms with van der Waals surface area (Å²) in [5, 5.41) is 0. The maximum absolute atomic E-state index is 5.70. The number of H-pyrrole nitrogens is 2. The summed E-state index contributed by atoms with van der Waals surface area (Å²) in [7, 11) is 0. The zero-order valence-electron chi connectivity index (χ0n) is 33.3. The Labute approximate surface area is 323 Å². The summed E-state index contributed by atoms with van der Waals surface area (Å²) in [6.07, 6.45) is 26.9. The van der Waals surface area contributed by atoms with Gasteiger partial charge in [-0.25, -0.2) is 9.97 Å². The third-order valence-electron chi connectivity index (χ3n) is 14.0. The van der Waals surface area contributed by atoms with Crippen LogP contribution in [0.25, 0.3) is 46.4 Å².